The van der Waals surface area contributed by atoms with Gasteiger partial charge in [-0.3, -0.25) is 18.2 Å². The van der Waals surface area contributed by atoms with E-state index in [1.807, 2.05) is 0 Å². The summed E-state index contributed by atoms with van der Waals surface area (Å²) in [6.07, 6.45) is 0. The van der Waals surface area contributed by atoms with Gasteiger partial charge in [-0.25, -0.2) is 30.2 Å². The van der Waals surface area contributed by atoms with Crippen LogP contribution in [0.5, 0.6) is 0 Å². The van der Waals surface area contributed by atoms with Crippen molar-refractivity contribution in [2.24, 2.45) is 30.7 Å². The minimum atomic E-state index is -5.21. The molecule has 28 nitrogen and oxygen atoms in total. The lowest BCUT2D eigenvalue weighted by Crippen LogP contribution is -2.16. The Labute approximate surface area is 364 Å². The van der Waals surface area contributed by atoms with Gasteiger partial charge < -0.3 is 16.8 Å². The Balaban J connectivity index is 1.69. The van der Waals surface area contributed by atoms with Crippen molar-refractivity contribution in [1.82, 2.24) is 4.98 Å². The van der Waals surface area contributed by atoms with Crippen molar-refractivity contribution >= 4 is 112 Å². The van der Waals surface area contributed by atoms with Gasteiger partial charge in [0.1, 0.15) is 38.2 Å². The Morgan fingerprint density at radius 3 is 1.50 bits per heavy atom. The van der Waals surface area contributed by atoms with Crippen LogP contribution in [0, 0.1) is 0 Å². The van der Waals surface area contributed by atoms with Crippen molar-refractivity contribution in [2.45, 2.75) is 26.5 Å². The van der Waals surface area contributed by atoms with E-state index in [2.05, 4.69) is 55.9 Å². The molecule has 4 rings (SSSR count). The number of aromatic nitrogens is 1. The lowest BCUT2D eigenvalue weighted by molar-refractivity contribution is 0.282. The lowest BCUT2D eigenvalue weighted by atomic mass is 10.2. The highest BCUT2D eigenvalue weighted by atomic mass is 32.3. The van der Waals surface area contributed by atoms with E-state index in [0.29, 0.717) is 6.07 Å². The molecule has 0 aliphatic heterocycles. The largest absolute Gasteiger partial charge is 0.397 e. The number of hydrogen-bond donors (Lipinski definition) is 7. The normalized spacial score (nSPS) is 13.3. The topological polar surface area (TPSA) is 455 Å². The Kier molecular flexibility index (Phi) is 15.5. The van der Waals surface area contributed by atoms with Crippen LogP contribution in [0.15, 0.2) is 123 Å². The first-order valence-electron chi connectivity index (χ1n) is 16.6. The van der Waals surface area contributed by atoms with Crippen molar-refractivity contribution in [3.8, 4) is 0 Å². The molecule has 1 heterocycles. The van der Waals surface area contributed by atoms with Gasteiger partial charge in [0.2, 0.25) is 0 Å². The number of rotatable bonds is 20. The molecule has 0 radical (unpaired) electrons. The highest BCUT2D eigenvalue weighted by molar-refractivity contribution is 7.92. The number of nitrogen functional groups attached to an aromatic ring is 2. The van der Waals surface area contributed by atoms with Gasteiger partial charge in [0.05, 0.1) is 45.9 Å². The first kappa shape index (κ1) is 50.9. The number of sulfone groups is 2. The monoisotopic (exact) mass is 1010 g/mol. The second-order valence-corrected chi connectivity index (χ2v) is 21.5. The van der Waals surface area contributed by atoms with Gasteiger partial charge in [0.15, 0.2) is 31.3 Å². The third-order valence-corrected chi connectivity index (χ3v) is 13.5. The average Bonchev–Trinajstić information content (AvgIpc) is 3.14. The fourth-order valence-corrected chi connectivity index (χ4v) is 9.04. The Hall–Kier alpha value is -5.79. The summed E-state index contributed by atoms with van der Waals surface area (Å²) in [6, 6.07) is 9.63. The maximum absolute atomic E-state index is 12.6. The van der Waals surface area contributed by atoms with Crippen LogP contribution >= 0.6 is 0 Å². The van der Waals surface area contributed by atoms with Crippen LogP contribution in [-0.4, -0.2) is 98.4 Å². The van der Waals surface area contributed by atoms with Gasteiger partial charge in [0.25, 0.3) is 20.2 Å². The van der Waals surface area contributed by atoms with Gasteiger partial charge >= 0.3 is 20.8 Å². The summed E-state index contributed by atoms with van der Waals surface area (Å²) in [5, 5.41) is 26.0. The first-order chi connectivity index (χ1) is 29.3. The third kappa shape index (κ3) is 14.6. The summed E-state index contributed by atoms with van der Waals surface area (Å²) in [7, 11) is -28.7. The zero-order valence-electron chi connectivity index (χ0n) is 32.0. The predicted molar refractivity (Wildman–Crippen MR) is 222 cm³/mol. The smallest absolute Gasteiger partial charge is 0.382 e. The predicted octanol–water partition coefficient (Wildman–Crippen LogP) is 4.12. The molecule has 0 atom stereocenters. The van der Waals surface area contributed by atoms with E-state index in [1.165, 1.54) is 19.1 Å². The molecule has 0 unspecified atom stereocenters. The number of nitrogens with zero attached hydrogens (tertiary/aromatic N) is 7. The number of nitrogens with two attached hydrogens (primary N) is 2. The van der Waals surface area contributed by atoms with E-state index in [1.54, 1.807) is 0 Å². The van der Waals surface area contributed by atoms with Crippen LogP contribution in [0.2, 0.25) is 0 Å². The van der Waals surface area contributed by atoms with E-state index in [9.17, 15) is 59.6 Å². The fraction of sp³-hybridized carbons (Fsp3) is 0.167. The van der Waals surface area contributed by atoms with Crippen molar-refractivity contribution in [1.29, 1.82) is 0 Å². The van der Waals surface area contributed by atoms with Crippen LogP contribution in [0.1, 0.15) is 6.92 Å². The van der Waals surface area contributed by atoms with E-state index >= 15 is 0 Å². The summed E-state index contributed by atoms with van der Waals surface area (Å²) >= 11 is 0. The number of allylic oxidation sites excluding steroid dienone is 1. The second kappa shape index (κ2) is 19.5. The quantitative estimate of drug-likeness (QED) is 0.0483. The zero-order chi connectivity index (χ0) is 48.1. The molecule has 34 heteroatoms. The zero-order valence-corrected chi connectivity index (χ0v) is 36.9. The molecule has 9 N–H and O–H groups in total. The summed E-state index contributed by atoms with van der Waals surface area (Å²) in [6.45, 7) is 3.31. The van der Waals surface area contributed by atoms with Gasteiger partial charge in [-0.2, -0.15) is 38.8 Å². The van der Waals surface area contributed by atoms with E-state index in [-0.39, 0.29) is 39.0 Å². The molecule has 4 aromatic rings. The van der Waals surface area contributed by atoms with Crippen molar-refractivity contribution in [3.05, 3.63) is 72.9 Å². The summed E-state index contributed by atoms with van der Waals surface area (Å²) in [4.78, 5) is 0.879. The summed E-state index contributed by atoms with van der Waals surface area (Å²) in [5.74, 6) is -2.71. The SMILES string of the molecule is C=C(C)Nc1cc(/N=N/c2cc(/N=N/c3ccc(S(=O)(=O)CCOS(=O)(=O)O)cc3S(=O)(=O)O)c(N)nc2N)c(S(=O)(=O)O)cc1/N=N/c1ccc(S(=O)(=O)CCOS(=O)(=O)O)cc1. The standard InChI is InChI=1S/C30H32N10O18S6/c1-17(2)33-22-14-24(28(62(48,49)50)16-23(22)37-35-18-3-5-19(6-4-18)59(41,42)11-9-57-63(51,52)53)38-40-26-15-25(29(31)34-30(26)32)39-36-21-8-7-20(13-27(21)61(45,46)47)60(43,44)12-10-58-64(54,55)56/h3-8,13-16,33H,1,9-12H2,2H3,(H4,31,32,34)(H,45,46,47)(H,48,49,50)(H,51,52,53)(H,54,55,56)/b37-35+,39-36+,40-38+. The molecule has 64 heavy (non-hydrogen) atoms. The number of anilines is 3. The molecule has 0 aliphatic carbocycles. The van der Waals surface area contributed by atoms with Crippen LogP contribution in [0.3, 0.4) is 0 Å². The lowest BCUT2D eigenvalue weighted by Gasteiger charge is -2.11. The average molecular weight is 1010 g/mol. The van der Waals surface area contributed by atoms with Crippen LogP contribution in [-0.2, 0) is 69.1 Å². The molecule has 0 saturated heterocycles. The molecule has 0 spiro atoms. The molecular weight excluding hydrogens is 981 g/mol. The maximum Gasteiger partial charge on any atom is 0.397 e. The van der Waals surface area contributed by atoms with Gasteiger partial charge in [0, 0.05) is 11.8 Å². The van der Waals surface area contributed by atoms with E-state index in [4.69, 9.17) is 20.6 Å². The highest BCUT2D eigenvalue weighted by Crippen LogP contribution is 2.40. The number of pyridine rings is 1. The molecule has 1 aromatic heterocycles. The summed E-state index contributed by atoms with van der Waals surface area (Å²) < 4.78 is 188. The summed E-state index contributed by atoms with van der Waals surface area (Å²) in [5.41, 5.74) is 10.00. The van der Waals surface area contributed by atoms with Gasteiger partial charge in [-0.05, 0) is 61.5 Å². The van der Waals surface area contributed by atoms with Crippen molar-refractivity contribution in [3.63, 3.8) is 0 Å². The van der Waals surface area contributed by atoms with Crippen molar-refractivity contribution < 1.29 is 77.1 Å². The van der Waals surface area contributed by atoms with Crippen LogP contribution in [0.25, 0.3) is 0 Å². The minimum absolute atomic E-state index is 0.00609. The molecule has 0 aliphatic rings. The molecular formula is C30H32N10O18S6. The Morgan fingerprint density at radius 1 is 0.578 bits per heavy atom. The molecule has 0 amide bonds. The molecule has 346 valence electrons. The van der Waals surface area contributed by atoms with Crippen LogP contribution in [0.4, 0.5) is 51.4 Å². The Morgan fingerprint density at radius 2 is 1.02 bits per heavy atom. The van der Waals surface area contributed by atoms with Gasteiger partial charge in [-0.15, -0.1) is 25.6 Å². The number of benzene rings is 3. The third-order valence-electron chi connectivity index (χ3n) is 7.48. The number of nitrogens with one attached hydrogen (secondary N) is 1. The van der Waals surface area contributed by atoms with Gasteiger partial charge in [-0.1, -0.05) is 6.58 Å². The minimum Gasteiger partial charge on any atom is -0.382 e. The molecule has 3 aromatic carbocycles. The van der Waals surface area contributed by atoms with Crippen LogP contribution < -0.4 is 16.8 Å². The Bertz CT molecular complexity index is 3270. The molecule has 0 bridgehead atoms. The second-order valence-electron chi connectivity index (χ2n) is 12.4. The molecule has 0 saturated carbocycles. The van der Waals surface area contributed by atoms with E-state index < -0.39 is 123 Å². The number of azo groups is 3. The highest BCUT2D eigenvalue weighted by Gasteiger charge is 2.24. The van der Waals surface area contributed by atoms with E-state index in [0.717, 1.165) is 42.5 Å². The number of hydrogen-bond acceptors (Lipinski definition) is 24. The molecule has 0 fully saturated rings. The van der Waals surface area contributed by atoms with Crippen molar-refractivity contribution in [2.75, 3.05) is 41.5 Å². The fourth-order valence-electron chi connectivity index (χ4n) is 4.70. The maximum atomic E-state index is 12.6. The first-order valence-corrected chi connectivity index (χ1v) is 25.6.